The minimum Gasteiger partial charge on any atom is -0.467 e. The third-order valence-electron chi connectivity index (χ3n) is 4.63. The number of amides is 2. The number of hydrogen-bond donors (Lipinski definition) is 3. The molecule has 1 saturated heterocycles. The van der Waals surface area contributed by atoms with E-state index in [9.17, 15) is 14.4 Å². The molecular formula is C15H25N3O4. The molecule has 0 radical (unpaired) electrons. The summed E-state index contributed by atoms with van der Waals surface area (Å²) in [6.45, 7) is 0.604. The van der Waals surface area contributed by atoms with Crippen molar-refractivity contribution in [1.82, 2.24) is 10.6 Å². The van der Waals surface area contributed by atoms with Crippen molar-refractivity contribution in [3.05, 3.63) is 0 Å². The van der Waals surface area contributed by atoms with E-state index in [4.69, 9.17) is 10.5 Å². The molecule has 0 bridgehead atoms. The molecule has 7 nitrogen and oxygen atoms in total. The molecule has 0 aromatic rings. The second-order valence-corrected chi connectivity index (χ2v) is 6.24. The van der Waals surface area contributed by atoms with Crippen molar-refractivity contribution in [2.24, 2.45) is 17.6 Å². The maximum absolute atomic E-state index is 12.2. The fraction of sp³-hybridized carbons (Fsp3) is 0.800. The van der Waals surface area contributed by atoms with Crippen LogP contribution in [-0.2, 0) is 19.1 Å². The Morgan fingerprint density at radius 2 is 2.09 bits per heavy atom. The van der Waals surface area contributed by atoms with E-state index in [1.165, 1.54) is 13.5 Å². The number of esters is 1. The van der Waals surface area contributed by atoms with Gasteiger partial charge in [0.25, 0.3) is 0 Å². The summed E-state index contributed by atoms with van der Waals surface area (Å²) in [6.07, 6.45) is 4.98. The molecule has 22 heavy (non-hydrogen) atoms. The molecule has 1 aliphatic carbocycles. The SMILES string of the molecule is COC(=O)C(CC1CCNC1=O)NC(=O)C(N)CC1CCC1. The highest BCUT2D eigenvalue weighted by molar-refractivity contribution is 5.88. The molecule has 2 rings (SSSR count). The molecule has 7 heteroatoms. The molecule has 124 valence electrons. The number of methoxy groups -OCH3 is 1. The molecule has 0 spiro atoms. The Morgan fingerprint density at radius 1 is 1.36 bits per heavy atom. The number of carbonyl (C=O) groups is 3. The van der Waals surface area contributed by atoms with E-state index in [2.05, 4.69) is 10.6 Å². The van der Waals surface area contributed by atoms with Crippen LogP contribution in [0.1, 0.15) is 38.5 Å². The second kappa shape index (κ2) is 7.58. The van der Waals surface area contributed by atoms with Gasteiger partial charge in [0.15, 0.2) is 0 Å². The highest BCUT2D eigenvalue weighted by atomic mass is 16.5. The number of nitrogens with one attached hydrogen (secondary N) is 2. The van der Waals surface area contributed by atoms with E-state index in [1.54, 1.807) is 0 Å². The summed E-state index contributed by atoms with van der Waals surface area (Å²) in [4.78, 5) is 35.6. The number of rotatable bonds is 7. The van der Waals surface area contributed by atoms with Crippen molar-refractivity contribution >= 4 is 17.8 Å². The predicted molar refractivity (Wildman–Crippen MR) is 79.6 cm³/mol. The third-order valence-corrected chi connectivity index (χ3v) is 4.63. The van der Waals surface area contributed by atoms with E-state index in [1.807, 2.05) is 0 Å². The van der Waals surface area contributed by atoms with Gasteiger partial charge >= 0.3 is 5.97 Å². The highest BCUT2D eigenvalue weighted by Gasteiger charge is 2.33. The van der Waals surface area contributed by atoms with Crippen molar-refractivity contribution in [3.8, 4) is 0 Å². The van der Waals surface area contributed by atoms with Gasteiger partial charge in [0.2, 0.25) is 11.8 Å². The maximum atomic E-state index is 12.2. The van der Waals surface area contributed by atoms with Crippen molar-refractivity contribution in [2.75, 3.05) is 13.7 Å². The molecule has 2 fully saturated rings. The zero-order chi connectivity index (χ0) is 16.1. The molecule has 1 heterocycles. The van der Waals surface area contributed by atoms with E-state index in [0.717, 1.165) is 12.8 Å². The number of ether oxygens (including phenoxy) is 1. The lowest BCUT2D eigenvalue weighted by molar-refractivity contribution is -0.146. The zero-order valence-corrected chi connectivity index (χ0v) is 13.0. The first-order valence-corrected chi connectivity index (χ1v) is 7.92. The Labute approximate surface area is 130 Å². The minimum absolute atomic E-state index is 0.0816. The van der Waals surface area contributed by atoms with Crippen LogP contribution in [0.3, 0.4) is 0 Å². The Kier molecular flexibility index (Phi) is 5.76. The quantitative estimate of drug-likeness (QED) is 0.559. The molecule has 4 N–H and O–H groups in total. The fourth-order valence-corrected chi connectivity index (χ4v) is 2.98. The minimum atomic E-state index is -0.821. The van der Waals surface area contributed by atoms with E-state index < -0.39 is 18.1 Å². The van der Waals surface area contributed by atoms with Crippen LogP contribution in [0.5, 0.6) is 0 Å². The topological polar surface area (TPSA) is 111 Å². The van der Waals surface area contributed by atoms with Gasteiger partial charge in [-0.25, -0.2) is 4.79 Å². The van der Waals surface area contributed by atoms with Gasteiger partial charge in [0.05, 0.1) is 13.2 Å². The molecule has 3 unspecified atom stereocenters. The summed E-state index contributed by atoms with van der Waals surface area (Å²) >= 11 is 0. The first-order chi connectivity index (χ1) is 10.5. The molecule has 0 aromatic carbocycles. The smallest absolute Gasteiger partial charge is 0.328 e. The van der Waals surface area contributed by atoms with Gasteiger partial charge in [-0.05, 0) is 25.2 Å². The molecule has 1 saturated carbocycles. The third kappa shape index (κ3) is 4.19. The summed E-state index contributed by atoms with van der Waals surface area (Å²) < 4.78 is 4.73. The second-order valence-electron chi connectivity index (χ2n) is 6.24. The lowest BCUT2D eigenvalue weighted by Crippen LogP contribution is -2.50. The van der Waals surface area contributed by atoms with Gasteiger partial charge in [-0.1, -0.05) is 19.3 Å². The van der Waals surface area contributed by atoms with Crippen molar-refractivity contribution < 1.29 is 19.1 Å². The first-order valence-electron chi connectivity index (χ1n) is 7.92. The normalized spacial score (nSPS) is 24.1. The van der Waals surface area contributed by atoms with Crippen LogP contribution in [0.4, 0.5) is 0 Å². The lowest BCUT2D eigenvalue weighted by Gasteiger charge is -2.28. The van der Waals surface area contributed by atoms with Crippen LogP contribution in [0.15, 0.2) is 0 Å². The van der Waals surface area contributed by atoms with Crippen LogP contribution < -0.4 is 16.4 Å². The number of carbonyl (C=O) groups excluding carboxylic acids is 3. The van der Waals surface area contributed by atoms with Gasteiger partial charge in [0, 0.05) is 12.5 Å². The average Bonchev–Trinajstić information content (AvgIpc) is 2.86. The summed E-state index contributed by atoms with van der Waals surface area (Å²) in [5, 5.41) is 5.37. The molecular weight excluding hydrogens is 286 g/mol. The summed E-state index contributed by atoms with van der Waals surface area (Å²) in [5.74, 6) is -0.725. The van der Waals surface area contributed by atoms with E-state index >= 15 is 0 Å². The van der Waals surface area contributed by atoms with Crippen LogP contribution in [-0.4, -0.2) is 43.5 Å². The lowest BCUT2D eigenvalue weighted by atomic mass is 9.81. The Balaban J connectivity index is 1.88. The van der Waals surface area contributed by atoms with Crippen molar-refractivity contribution in [1.29, 1.82) is 0 Å². The van der Waals surface area contributed by atoms with Crippen LogP contribution in [0.25, 0.3) is 0 Å². The molecule has 2 aliphatic rings. The Morgan fingerprint density at radius 3 is 2.59 bits per heavy atom. The van der Waals surface area contributed by atoms with Gasteiger partial charge in [-0.2, -0.15) is 0 Å². The monoisotopic (exact) mass is 311 g/mol. The van der Waals surface area contributed by atoms with Gasteiger partial charge in [0.1, 0.15) is 6.04 Å². The Bertz CT molecular complexity index is 437. The summed E-state index contributed by atoms with van der Waals surface area (Å²) in [6, 6.07) is -1.44. The maximum Gasteiger partial charge on any atom is 0.328 e. The largest absolute Gasteiger partial charge is 0.467 e. The number of hydrogen-bond acceptors (Lipinski definition) is 5. The fourth-order valence-electron chi connectivity index (χ4n) is 2.98. The zero-order valence-electron chi connectivity index (χ0n) is 13.0. The number of nitrogens with two attached hydrogens (primary N) is 1. The van der Waals surface area contributed by atoms with E-state index in [-0.39, 0.29) is 24.2 Å². The van der Waals surface area contributed by atoms with Crippen LogP contribution >= 0.6 is 0 Å². The summed E-state index contributed by atoms with van der Waals surface area (Å²) in [7, 11) is 1.27. The highest BCUT2D eigenvalue weighted by Crippen LogP contribution is 2.30. The first kappa shape index (κ1) is 16.7. The Hall–Kier alpha value is -1.63. The molecule has 2 amide bonds. The molecule has 0 aromatic heterocycles. The standard InChI is InChI=1S/C15H25N3O4/c1-22-15(21)12(8-10-5-6-17-13(10)19)18-14(20)11(16)7-9-3-2-4-9/h9-12H,2-8,16H2,1H3,(H,17,19)(H,18,20). The van der Waals surface area contributed by atoms with Crippen molar-refractivity contribution in [3.63, 3.8) is 0 Å². The van der Waals surface area contributed by atoms with Crippen LogP contribution in [0, 0.1) is 11.8 Å². The molecule has 3 atom stereocenters. The van der Waals surface area contributed by atoms with Gasteiger partial charge in [-0.3, -0.25) is 9.59 Å². The van der Waals surface area contributed by atoms with Gasteiger partial charge in [-0.15, -0.1) is 0 Å². The molecule has 1 aliphatic heterocycles. The van der Waals surface area contributed by atoms with Crippen LogP contribution in [0.2, 0.25) is 0 Å². The van der Waals surface area contributed by atoms with E-state index in [0.29, 0.717) is 25.3 Å². The summed E-state index contributed by atoms with van der Waals surface area (Å²) in [5.41, 5.74) is 5.91. The van der Waals surface area contributed by atoms with Gasteiger partial charge < -0.3 is 21.1 Å². The van der Waals surface area contributed by atoms with Crippen molar-refractivity contribution in [2.45, 2.75) is 50.6 Å². The predicted octanol–water partition coefficient (Wildman–Crippen LogP) is -0.312. The average molecular weight is 311 g/mol.